The Morgan fingerprint density at radius 1 is 1.33 bits per heavy atom. The summed E-state index contributed by atoms with van der Waals surface area (Å²) in [5.74, 6) is -0.0448. The number of nitrogens with zero attached hydrogens (tertiary/aromatic N) is 1. The van der Waals surface area contributed by atoms with Gasteiger partial charge >= 0.3 is 0 Å². The largest absolute Gasteiger partial charge is 0.471 e. The standard InChI is InChI=1S/C25H31ClFN3O3/c1-3-16-9-20-22(12-25(5-4-6-25)33-24(20)29-13-16)28-14-23(32)21(30-15(2)31)10-17-7-18(26)11-19(27)8-17/h7-9,11,13,21-23,28,32H,3-6,10,12,14H2,1-2H3,(H,30,31)/t21-,22-,23+/m0/s1. The Morgan fingerprint density at radius 2 is 2.12 bits per heavy atom. The lowest BCUT2D eigenvalue weighted by molar-refractivity contribution is -0.120. The number of carbonyl (C=O) groups excluding carboxylic acids is 1. The Labute approximate surface area is 198 Å². The summed E-state index contributed by atoms with van der Waals surface area (Å²) in [6.07, 6.45) is 6.06. The van der Waals surface area contributed by atoms with Crippen molar-refractivity contribution < 1.29 is 19.0 Å². The lowest BCUT2D eigenvalue weighted by Gasteiger charge is -2.47. The predicted molar refractivity (Wildman–Crippen MR) is 125 cm³/mol. The number of aliphatic hydroxyl groups excluding tert-OH is 1. The van der Waals surface area contributed by atoms with Crippen LogP contribution in [0.25, 0.3) is 0 Å². The van der Waals surface area contributed by atoms with Crippen molar-refractivity contribution >= 4 is 17.5 Å². The fourth-order valence-corrected chi connectivity index (χ4v) is 5.01. The van der Waals surface area contributed by atoms with Crippen LogP contribution < -0.4 is 15.4 Å². The summed E-state index contributed by atoms with van der Waals surface area (Å²) in [4.78, 5) is 16.3. The van der Waals surface area contributed by atoms with E-state index in [1.54, 1.807) is 6.07 Å². The van der Waals surface area contributed by atoms with E-state index in [-0.39, 0.29) is 35.5 Å². The minimum absolute atomic E-state index is 0.00991. The summed E-state index contributed by atoms with van der Waals surface area (Å²) < 4.78 is 20.1. The molecule has 1 aliphatic carbocycles. The maximum atomic E-state index is 13.8. The van der Waals surface area contributed by atoms with Crippen molar-refractivity contribution in [3.05, 3.63) is 58.0 Å². The molecule has 1 saturated carbocycles. The molecule has 1 amide bonds. The molecule has 1 aromatic carbocycles. The highest BCUT2D eigenvalue weighted by atomic mass is 35.5. The van der Waals surface area contributed by atoms with Crippen LogP contribution in [0.2, 0.25) is 5.02 Å². The van der Waals surface area contributed by atoms with Gasteiger partial charge < -0.3 is 20.5 Å². The molecule has 3 atom stereocenters. The molecule has 1 spiro atoms. The molecule has 178 valence electrons. The summed E-state index contributed by atoms with van der Waals surface area (Å²) in [5, 5.41) is 17.6. The van der Waals surface area contributed by atoms with E-state index in [0.717, 1.165) is 43.2 Å². The quantitative estimate of drug-likeness (QED) is 0.539. The predicted octanol–water partition coefficient (Wildman–Crippen LogP) is 3.88. The Balaban J connectivity index is 1.49. The summed E-state index contributed by atoms with van der Waals surface area (Å²) in [5.41, 5.74) is 2.56. The van der Waals surface area contributed by atoms with Crippen LogP contribution in [0.1, 0.15) is 62.3 Å². The number of nitrogens with one attached hydrogen (secondary N) is 2. The van der Waals surface area contributed by atoms with Crippen LogP contribution in [0.3, 0.4) is 0 Å². The smallest absolute Gasteiger partial charge is 0.218 e. The van der Waals surface area contributed by atoms with Gasteiger partial charge in [-0.1, -0.05) is 18.5 Å². The van der Waals surface area contributed by atoms with Crippen molar-refractivity contribution in [3.8, 4) is 5.88 Å². The fraction of sp³-hybridized carbons (Fsp3) is 0.520. The van der Waals surface area contributed by atoms with E-state index in [0.29, 0.717) is 11.4 Å². The molecule has 1 fully saturated rings. The third kappa shape index (κ3) is 5.65. The zero-order chi connectivity index (χ0) is 23.6. The molecular formula is C25H31ClFN3O3. The van der Waals surface area contributed by atoms with Gasteiger partial charge in [-0.3, -0.25) is 4.79 Å². The number of carbonyl (C=O) groups is 1. The molecule has 0 bridgehead atoms. The highest BCUT2D eigenvalue weighted by molar-refractivity contribution is 6.30. The van der Waals surface area contributed by atoms with Gasteiger partial charge in [-0.05, 0) is 67.5 Å². The number of pyridine rings is 1. The van der Waals surface area contributed by atoms with Gasteiger partial charge in [-0.15, -0.1) is 0 Å². The SMILES string of the molecule is CCc1cnc2c(c1)[C@@H](NC[C@@H](O)[C@H](Cc1cc(F)cc(Cl)c1)NC(C)=O)CC1(CCC1)O2. The molecule has 2 aliphatic rings. The van der Waals surface area contributed by atoms with Crippen LogP contribution in [0.4, 0.5) is 4.39 Å². The van der Waals surface area contributed by atoms with Gasteiger partial charge in [0, 0.05) is 42.7 Å². The number of hydrogen-bond donors (Lipinski definition) is 3. The Morgan fingerprint density at radius 3 is 2.76 bits per heavy atom. The summed E-state index contributed by atoms with van der Waals surface area (Å²) in [6.45, 7) is 3.74. The van der Waals surface area contributed by atoms with Crippen molar-refractivity contribution in [1.29, 1.82) is 0 Å². The number of hydrogen-bond acceptors (Lipinski definition) is 5. The van der Waals surface area contributed by atoms with Gasteiger partial charge in [0.05, 0.1) is 12.1 Å². The van der Waals surface area contributed by atoms with E-state index in [2.05, 4.69) is 28.6 Å². The number of aromatic nitrogens is 1. The van der Waals surface area contributed by atoms with Gasteiger partial charge in [0.2, 0.25) is 11.8 Å². The van der Waals surface area contributed by atoms with E-state index in [4.69, 9.17) is 16.3 Å². The second-order valence-electron chi connectivity index (χ2n) is 9.25. The van der Waals surface area contributed by atoms with Crippen LogP contribution in [0.15, 0.2) is 30.5 Å². The van der Waals surface area contributed by atoms with E-state index < -0.39 is 18.0 Å². The number of benzene rings is 1. The number of rotatable bonds is 8. The average Bonchev–Trinajstić information content (AvgIpc) is 2.74. The van der Waals surface area contributed by atoms with Crippen LogP contribution in [-0.2, 0) is 17.6 Å². The molecule has 1 aromatic heterocycles. The lowest BCUT2D eigenvalue weighted by atomic mass is 9.73. The van der Waals surface area contributed by atoms with Crippen LogP contribution in [0.5, 0.6) is 5.88 Å². The zero-order valence-corrected chi connectivity index (χ0v) is 19.8. The number of ether oxygens (including phenoxy) is 1. The summed E-state index contributed by atoms with van der Waals surface area (Å²) >= 11 is 5.98. The number of aliphatic hydroxyl groups is 1. The molecule has 33 heavy (non-hydrogen) atoms. The van der Waals surface area contributed by atoms with Crippen molar-refractivity contribution in [2.45, 2.75) is 76.2 Å². The molecule has 8 heteroatoms. The molecule has 3 N–H and O–H groups in total. The van der Waals surface area contributed by atoms with Crippen molar-refractivity contribution in [2.75, 3.05) is 6.54 Å². The van der Waals surface area contributed by atoms with Gasteiger partial charge in [-0.2, -0.15) is 0 Å². The van der Waals surface area contributed by atoms with Gasteiger partial charge in [0.25, 0.3) is 0 Å². The number of halogens is 2. The molecule has 6 nitrogen and oxygen atoms in total. The normalized spacial score (nSPS) is 20.3. The first-order chi connectivity index (χ1) is 15.8. The minimum Gasteiger partial charge on any atom is -0.471 e. The average molecular weight is 476 g/mol. The molecule has 2 heterocycles. The van der Waals surface area contributed by atoms with Gasteiger partial charge in [0.1, 0.15) is 11.4 Å². The molecule has 0 radical (unpaired) electrons. The molecule has 2 aromatic rings. The lowest BCUT2D eigenvalue weighted by Crippen LogP contribution is -2.52. The third-order valence-corrected chi connectivity index (χ3v) is 6.90. The van der Waals surface area contributed by atoms with Gasteiger partial charge in [0.15, 0.2) is 0 Å². The number of aryl methyl sites for hydroxylation is 1. The van der Waals surface area contributed by atoms with E-state index in [1.165, 1.54) is 19.1 Å². The highest BCUT2D eigenvalue weighted by Crippen LogP contribution is 2.48. The maximum Gasteiger partial charge on any atom is 0.218 e. The first kappa shape index (κ1) is 23.9. The highest BCUT2D eigenvalue weighted by Gasteiger charge is 2.46. The van der Waals surface area contributed by atoms with Crippen LogP contribution >= 0.6 is 11.6 Å². The van der Waals surface area contributed by atoms with E-state index in [1.807, 2.05) is 6.20 Å². The van der Waals surface area contributed by atoms with Gasteiger partial charge in [-0.25, -0.2) is 9.37 Å². The molecular weight excluding hydrogens is 445 g/mol. The first-order valence-corrected chi connectivity index (χ1v) is 12.0. The molecule has 4 rings (SSSR count). The first-order valence-electron chi connectivity index (χ1n) is 11.6. The topological polar surface area (TPSA) is 83.5 Å². The van der Waals surface area contributed by atoms with Crippen molar-refractivity contribution in [2.24, 2.45) is 0 Å². The monoisotopic (exact) mass is 475 g/mol. The Bertz CT molecular complexity index is 994. The Kier molecular flexibility index (Phi) is 7.22. The number of amides is 1. The minimum atomic E-state index is -0.887. The maximum absolute atomic E-state index is 13.8. The van der Waals surface area contributed by atoms with E-state index in [9.17, 15) is 14.3 Å². The van der Waals surface area contributed by atoms with Crippen LogP contribution in [0, 0.1) is 5.82 Å². The second-order valence-corrected chi connectivity index (χ2v) is 9.69. The molecule has 0 unspecified atom stereocenters. The van der Waals surface area contributed by atoms with Crippen molar-refractivity contribution in [1.82, 2.24) is 15.6 Å². The van der Waals surface area contributed by atoms with Crippen molar-refractivity contribution in [3.63, 3.8) is 0 Å². The fourth-order valence-electron chi connectivity index (χ4n) is 4.76. The molecule has 0 saturated heterocycles. The van der Waals surface area contributed by atoms with Crippen LogP contribution in [-0.4, -0.2) is 40.3 Å². The Hall–Kier alpha value is -2.22. The summed E-state index contributed by atoms with van der Waals surface area (Å²) in [6, 6.07) is 5.76. The zero-order valence-electron chi connectivity index (χ0n) is 19.0. The summed E-state index contributed by atoms with van der Waals surface area (Å²) in [7, 11) is 0. The van der Waals surface area contributed by atoms with E-state index >= 15 is 0 Å². The second kappa shape index (κ2) is 9.95. The molecule has 1 aliphatic heterocycles. The third-order valence-electron chi connectivity index (χ3n) is 6.68. The number of fused-ring (bicyclic) bond motifs is 1.